The quantitative estimate of drug-likeness (QED) is 0.460. The number of fused-ring (bicyclic) bond motifs is 2. The predicted molar refractivity (Wildman–Crippen MR) is 113 cm³/mol. The summed E-state index contributed by atoms with van der Waals surface area (Å²) in [4.78, 5) is 22.5. The zero-order valence-electron chi connectivity index (χ0n) is 16.2. The van der Waals surface area contributed by atoms with E-state index in [2.05, 4.69) is 13.8 Å². The summed E-state index contributed by atoms with van der Waals surface area (Å²) in [5, 5.41) is 1.93. The van der Waals surface area contributed by atoms with Crippen LogP contribution in [0.3, 0.4) is 0 Å². The molecule has 1 aliphatic heterocycles. The predicted octanol–water partition coefficient (Wildman–Crippen LogP) is 4.61. The molecule has 3 heterocycles. The zero-order valence-corrected chi connectivity index (χ0v) is 17.7. The Labute approximate surface area is 173 Å². The van der Waals surface area contributed by atoms with E-state index in [1.54, 1.807) is 4.57 Å². The second-order valence-electron chi connectivity index (χ2n) is 7.51. The van der Waals surface area contributed by atoms with Crippen molar-refractivity contribution in [3.63, 3.8) is 0 Å². The molecule has 4 rings (SSSR count). The van der Waals surface area contributed by atoms with Crippen LogP contribution in [0, 0.1) is 0 Å². The molecule has 0 fully saturated rings. The van der Waals surface area contributed by atoms with Crippen LogP contribution < -0.4 is 5.56 Å². The highest BCUT2D eigenvalue weighted by molar-refractivity contribution is 7.98. The molecule has 146 valence electrons. The summed E-state index contributed by atoms with van der Waals surface area (Å²) in [5.74, 6) is 0.642. The SMILES string of the molecule is CCn1c(SCc2ccccc2Cl)nc2nc3c(cc2c1=O)COC(C)(C)C3. The monoisotopic (exact) mass is 415 g/mol. The molecule has 0 radical (unpaired) electrons. The lowest BCUT2D eigenvalue weighted by Crippen LogP contribution is -2.33. The fraction of sp³-hybridized carbons (Fsp3) is 0.381. The van der Waals surface area contributed by atoms with E-state index in [4.69, 9.17) is 26.3 Å². The standard InChI is InChI=1S/C21H22ClN3O2S/c1-4-25-19(26)15-9-14-11-27-21(2,3)10-17(14)23-18(15)24-20(25)28-12-13-7-5-6-8-16(13)22/h5-9H,4,10-12H2,1-3H3. The van der Waals surface area contributed by atoms with E-state index in [-0.39, 0.29) is 11.2 Å². The molecule has 0 bridgehead atoms. The average Bonchev–Trinajstić information content (AvgIpc) is 2.65. The Bertz CT molecular complexity index is 1110. The molecule has 5 nitrogen and oxygen atoms in total. The molecule has 28 heavy (non-hydrogen) atoms. The zero-order chi connectivity index (χ0) is 19.9. The first-order chi connectivity index (χ1) is 13.4. The van der Waals surface area contributed by atoms with Crippen molar-refractivity contribution in [2.24, 2.45) is 0 Å². The lowest BCUT2D eigenvalue weighted by molar-refractivity contribution is -0.0411. The van der Waals surface area contributed by atoms with Gasteiger partial charge in [0.05, 0.1) is 23.3 Å². The molecule has 7 heteroatoms. The summed E-state index contributed by atoms with van der Waals surface area (Å²) < 4.78 is 7.57. The average molecular weight is 416 g/mol. The molecule has 0 atom stereocenters. The van der Waals surface area contributed by atoms with E-state index >= 15 is 0 Å². The minimum atomic E-state index is -0.256. The Hall–Kier alpha value is -1.89. The first kappa shape index (κ1) is 19.4. The van der Waals surface area contributed by atoms with Crippen molar-refractivity contribution in [3.8, 4) is 0 Å². The summed E-state index contributed by atoms with van der Waals surface area (Å²) >= 11 is 7.78. The second kappa shape index (κ2) is 7.50. The summed E-state index contributed by atoms with van der Waals surface area (Å²) in [5.41, 5.74) is 3.15. The van der Waals surface area contributed by atoms with Crippen molar-refractivity contribution in [1.82, 2.24) is 14.5 Å². The summed E-state index contributed by atoms with van der Waals surface area (Å²) in [6, 6.07) is 9.62. The van der Waals surface area contributed by atoms with Crippen molar-refractivity contribution in [1.29, 1.82) is 0 Å². The fourth-order valence-corrected chi connectivity index (χ4v) is 4.70. The van der Waals surface area contributed by atoms with Gasteiger partial charge in [-0.3, -0.25) is 9.36 Å². The van der Waals surface area contributed by atoms with Crippen LogP contribution in [0.5, 0.6) is 0 Å². The summed E-state index contributed by atoms with van der Waals surface area (Å²) in [6.07, 6.45) is 0.707. The van der Waals surface area contributed by atoms with Crippen LogP contribution in [-0.4, -0.2) is 20.1 Å². The number of aromatic nitrogens is 3. The van der Waals surface area contributed by atoms with E-state index in [0.717, 1.165) is 21.8 Å². The molecular formula is C21H22ClN3O2S. The molecule has 0 saturated carbocycles. The second-order valence-corrected chi connectivity index (χ2v) is 8.86. The van der Waals surface area contributed by atoms with E-state index in [1.165, 1.54) is 11.8 Å². The number of pyridine rings is 1. The molecule has 2 aromatic heterocycles. The first-order valence-corrected chi connectivity index (χ1v) is 10.7. The van der Waals surface area contributed by atoms with Gasteiger partial charge in [-0.05, 0) is 38.5 Å². The number of benzene rings is 1. The Morgan fingerprint density at radius 1 is 1.29 bits per heavy atom. The topological polar surface area (TPSA) is 57.0 Å². The maximum atomic E-state index is 13.1. The van der Waals surface area contributed by atoms with Gasteiger partial charge in [0.25, 0.3) is 5.56 Å². The van der Waals surface area contributed by atoms with Gasteiger partial charge < -0.3 is 4.74 Å². The van der Waals surface area contributed by atoms with Gasteiger partial charge >= 0.3 is 0 Å². The van der Waals surface area contributed by atoms with Crippen LogP contribution in [-0.2, 0) is 30.1 Å². The third-order valence-electron chi connectivity index (χ3n) is 4.92. The third-order valence-corrected chi connectivity index (χ3v) is 6.32. The maximum absolute atomic E-state index is 13.1. The minimum absolute atomic E-state index is 0.0608. The van der Waals surface area contributed by atoms with Gasteiger partial charge in [0, 0.05) is 29.3 Å². The van der Waals surface area contributed by atoms with Crippen molar-refractivity contribution < 1.29 is 4.74 Å². The first-order valence-electron chi connectivity index (χ1n) is 9.31. The molecule has 0 saturated heterocycles. The number of ether oxygens (including phenoxy) is 1. The minimum Gasteiger partial charge on any atom is -0.370 e. The van der Waals surface area contributed by atoms with Gasteiger partial charge in [-0.1, -0.05) is 41.6 Å². The molecule has 1 aromatic carbocycles. The van der Waals surface area contributed by atoms with Crippen molar-refractivity contribution >= 4 is 34.4 Å². The van der Waals surface area contributed by atoms with E-state index in [9.17, 15) is 4.79 Å². The van der Waals surface area contributed by atoms with E-state index < -0.39 is 0 Å². The number of rotatable bonds is 4. The Kier molecular flexibility index (Phi) is 5.21. The number of hydrogen-bond acceptors (Lipinski definition) is 5. The van der Waals surface area contributed by atoms with E-state index in [1.807, 2.05) is 37.3 Å². The highest BCUT2D eigenvalue weighted by Gasteiger charge is 2.28. The van der Waals surface area contributed by atoms with Gasteiger partial charge in [-0.25, -0.2) is 9.97 Å². The fourth-order valence-electron chi connectivity index (χ4n) is 3.36. The molecule has 0 spiro atoms. The molecule has 1 aliphatic rings. The molecule has 0 unspecified atom stereocenters. The van der Waals surface area contributed by atoms with Crippen molar-refractivity contribution in [2.45, 2.75) is 56.9 Å². The van der Waals surface area contributed by atoms with Crippen LogP contribution in [0.25, 0.3) is 11.0 Å². The van der Waals surface area contributed by atoms with Gasteiger partial charge in [-0.2, -0.15) is 0 Å². The third kappa shape index (κ3) is 3.69. The van der Waals surface area contributed by atoms with Crippen LogP contribution in [0.2, 0.25) is 5.02 Å². The van der Waals surface area contributed by atoms with Crippen LogP contribution in [0.1, 0.15) is 37.6 Å². The van der Waals surface area contributed by atoms with E-state index in [0.29, 0.717) is 41.5 Å². The molecule has 0 aliphatic carbocycles. The molecular weight excluding hydrogens is 394 g/mol. The largest absolute Gasteiger partial charge is 0.370 e. The number of nitrogens with zero attached hydrogens (tertiary/aromatic N) is 3. The van der Waals surface area contributed by atoms with Crippen molar-refractivity contribution in [3.05, 3.63) is 62.5 Å². The van der Waals surface area contributed by atoms with Gasteiger partial charge in [-0.15, -0.1) is 0 Å². The maximum Gasteiger partial charge on any atom is 0.263 e. The Balaban J connectivity index is 1.76. The van der Waals surface area contributed by atoms with Crippen molar-refractivity contribution in [2.75, 3.05) is 0 Å². The van der Waals surface area contributed by atoms with Gasteiger partial charge in [0.1, 0.15) is 0 Å². The molecule has 0 N–H and O–H groups in total. The Morgan fingerprint density at radius 2 is 2.07 bits per heavy atom. The summed E-state index contributed by atoms with van der Waals surface area (Å²) in [6.45, 7) is 7.07. The number of halogens is 1. The highest BCUT2D eigenvalue weighted by Crippen LogP contribution is 2.29. The Morgan fingerprint density at radius 3 is 2.82 bits per heavy atom. The smallest absolute Gasteiger partial charge is 0.263 e. The van der Waals surface area contributed by atoms with Crippen LogP contribution in [0.4, 0.5) is 0 Å². The molecule has 3 aromatic rings. The lowest BCUT2D eigenvalue weighted by Gasteiger charge is -2.31. The highest BCUT2D eigenvalue weighted by atomic mass is 35.5. The lowest BCUT2D eigenvalue weighted by atomic mass is 9.95. The summed E-state index contributed by atoms with van der Waals surface area (Å²) in [7, 11) is 0. The van der Waals surface area contributed by atoms with Crippen LogP contribution in [0.15, 0.2) is 40.3 Å². The van der Waals surface area contributed by atoms with Gasteiger partial charge in [0.2, 0.25) is 0 Å². The number of thioether (sulfide) groups is 1. The molecule has 0 amide bonds. The van der Waals surface area contributed by atoms with Gasteiger partial charge in [0.15, 0.2) is 10.8 Å². The normalized spacial score (nSPS) is 15.6. The van der Waals surface area contributed by atoms with Crippen LogP contribution >= 0.6 is 23.4 Å². The number of hydrogen-bond donors (Lipinski definition) is 0.